The summed E-state index contributed by atoms with van der Waals surface area (Å²) in [4.78, 5) is 11.7. The summed E-state index contributed by atoms with van der Waals surface area (Å²) < 4.78 is 12.7. The number of carbonyl (C=O) groups is 1. The molecule has 1 amide bonds. The average Bonchev–Trinajstić information content (AvgIpc) is 2.93. The van der Waals surface area contributed by atoms with Crippen molar-refractivity contribution in [3.63, 3.8) is 0 Å². The quantitative estimate of drug-likeness (QED) is 0.539. The number of ether oxygens (including phenoxy) is 2. The predicted molar refractivity (Wildman–Crippen MR) is 114 cm³/mol. The van der Waals surface area contributed by atoms with Crippen molar-refractivity contribution in [2.75, 3.05) is 17.1 Å². The number of alkyl halides is 1. The largest absolute Gasteiger partial charge is 0.491 e. The molecule has 0 aliphatic carbocycles. The molecule has 0 radical (unpaired) electrons. The molecule has 0 atom stereocenters. The van der Waals surface area contributed by atoms with E-state index in [9.17, 15) is 4.79 Å². The normalized spacial score (nSPS) is 11.0. The van der Waals surface area contributed by atoms with Crippen LogP contribution in [-0.2, 0) is 11.3 Å². The van der Waals surface area contributed by atoms with E-state index in [1.165, 1.54) is 0 Å². The van der Waals surface area contributed by atoms with Crippen LogP contribution in [0.15, 0.2) is 42.5 Å². The van der Waals surface area contributed by atoms with Crippen LogP contribution in [0.1, 0.15) is 20.8 Å². The van der Waals surface area contributed by atoms with Crippen LogP contribution in [0.3, 0.4) is 0 Å². The summed E-state index contributed by atoms with van der Waals surface area (Å²) in [6.45, 7) is 6.80. The Morgan fingerprint density at radius 2 is 2.04 bits per heavy atom. The SMILES string of the molecule is CCn1c(-c2cccc(NC(=O)OCCl)c2)c(N)c2ccc(OC(C)C)cc21. The third kappa shape index (κ3) is 4.02. The fourth-order valence-electron chi connectivity index (χ4n) is 3.29. The number of hydrogen-bond acceptors (Lipinski definition) is 4. The highest BCUT2D eigenvalue weighted by molar-refractivity contribution is 6.17. The van der Waals surface area contributed by atoms with Gasteiger partial charge in [0.05, 0.1) is 23.0 Å². The molecule has 0 spiro atoms. The first-order chi connectivity index (χ1) is 13.4. The lowest BCUT2D eigenvalue weighted by molar-refractivity contribution is 0.180. The van der Waals surface area contributed by atoms with Crippen LogP contribution in [0.5, 0.6) is 5.75 Å². The second-order valence-electron chi connectivity index (χ2n) is 6.60. The maximum atomic E-state index is 11.7. The minimum Gasteiger partial charge on any atom is -0.491 e. The molecule has 3 rings (SSSR count). The molecule has 1 heterocycles. The second-order valence-corrected chi connectivity index (χ2v) is 6.82. The van der Waals surface area contributed by atoms with Crippen molar-refractivity contribution in [3.05, 3.63) is 42.5 Å². The number of nitrogens with zero attached hydrogens (tertiary/aromatic N) is 1. The minimum atomic E-state index is -0.605. The third-order valence-corrected chi connectivity index (χ3v) is 4.44. The number of aromatic nitrogens is 1. The molecule has 6 nitrogen and oxygen atoms in total. The van der Waals surface area contributed by atoms with Gasteiger partial charge in [0.1, 0.15) is 5.75 Å². The number of carbonyl (C=O) groups excluding carboxylic acids is 1. The van der Waals surface area contributed by atoms with E-state index in [0.29, 0.717) is 11.4 Å². The van der Waals surface area contributed by atoms with Crippen LogP contribution in [-0.4, -0.2) is 22.8 Å². The molecular weight excluding hydrogens is 378 g/mol. The van der Waals surface area contributed by atoms with E-state index in [0.717, 1.165) is 34.5 Å². The summed E-state index contributed by atoms with van der Waals surface area (Å²) in [5, 5.41) is 3.62. The van der Waals surface area contributed by atoms with Gasteiger partial charge in [0.25, 0.3) is 0 Å². The Kier molecular flexibility index (Phi) is 5.99. The van der Waals surface area contributed by atoms with Gasteiger partial charge in [-0.2, -0.15) is 0 Å². The Hall–Kier alpha value is -2.86. The summed E-state index contributed by atoms with van der Waals surface area (Å²) in [7, 11) is 0. The zero-order chi connectivity index (χ0) is 20.3. The van der Waals surface area contributed by atoms with Gasteiger partial charge in [-0.05, 0) is 45.0 Å². The van der Waals surface area contributed by atoms with E-state index in [1.54, 1.807) is 6.07 Å². The number of benzene rings is 2. The van der Waals surface area contributed by atoms with Crippen molar-refractivity contribution in [1.82, 2.24) is 4.57 Å². The lowest BCUT2D eigenvalue weighted by atomic mass is 10.1. The number of nitrogens with two attached hydrogens (primary N) is 1. The number of hydrogen-bond donors (Lipinski definition) is 2. The molecule has 148 valence electrons. The lowest BCUT2D eigenvalue weighted by Gasteiger charge is -2.12. The van der Waals surface area contributed by atoms with Crippen molar-refractivity contribution < 1.29 is 14.3 Å². The zero-order valence-electron chi connectivity index (χ0n) is 16.2. The zero-order valence-corrected chi connectivity index (χ0v) is 16.9. The first-order valence-corrected chi connectivity index (χ1v) is 9.66. The molecule has 7 heteroatoms. The highest BCUT2D eigenvalue weighted by Crippen LogP contribution is 2.38. The summed E-state index contributed by atoms with van der Waals surface area (Å²) in [5.41, 5.74) is 10.6. The maximum Gasteiger partial charge on any atom is 0.412 e. The van der Waals surface area contributed by atoms with E-state index in [1.807, 2.05) is 50.2 Å². The number of anilines is 2. The monoisotopic (exact) mass is 401 g/mol. The van der Waals surface area contributed by atoms with Crippen molar-refractivity contribution in [2.45, 2.75) is 33.4 Å². The van der Waals surface area contributed by atoms with Gasteiger partial charge in [-0.1, -0.05) is 23.7 Å². The van der Waals surface area contributed by atoms with Crippen molar-refractivity contribution in [3.8, 4) is 17.0 Å². The van der Waals surface area contributed by atoms with Gasteiger partial charge in [-0.15, -0.1) is 0 Å². The van der Waals surface area contributed by atoms with E-state index in [2.05, 4.69) is 16.8 Å². The fourth-order valence-corrected chi connectivity index (χ4v) is 3.39. The van der Waals surface area contributed by atoms with Gasteiger partial charge < -0.3 is 19.8 Å². The summed E-state index contributed by atoms with van der Waals surface area (Å²) in [6, 6.07) is 13.2. The van der Waals surface area contributed by atoms with Crippen molar-refractivity contribution in [2.24, 2.45) is 0 Å². The molecule has 0 aliphatic heterocycles. The Labute approximate surface area is 169 Å². The number of amides is 1. The fraction of sp³-hybridized carbons (Fsp3) is 0.286. The Balaban J connectivity index is 2.07. The van der Waals surface area contributed by atoms with Crippen LogP contribution in [0.2, 0.25) is 0 Å². The van der Waals surface area contributed by atoms with Crippen LogP contribution in [0.25, 0.3) is 22.2 Å². The van der Waals surface area contributed by atoms with E-state index >= 15 is 0 Å². The summed E-state index contributed by atoms with van der Waals surface area (Å²) in [5.74, 6) is 0.806. The molecule has 3 N–H and O–H groups in total. The molecule has 0 fully saturated rings. The number of rotatable bonds is 6. The molecule has 1 aromatic heterocycles. The van der Waals surface area contributed by atoms with Gasteiger partial charge >= 0.3 is 6.09 Å². The van der Waals surface area contributed by atoms with Gasteiger partial charge in [0.2, 0.25) is 0 Å². The van der Waals surface area contributed by atoms with Gasteiger partial charge in [0.15, 0.2) is 6.07 Å². The molecule has 3 aromatic rings. The van der Waals surface area contributed by atoms with Crippen LogP contribution in [0.4, 0.5) is 16.2 Å². The Morgan fingerprint density at radius 3 is 2.71 bits per heavy atom. The van der Waals surface area contributed by atoms with Crippen molar-refractivity contribution in [1.29, 1.82) is 0 Å². The average molecular weight is 402 g/mol. The van der Waals surface area contributed by atoms with Gasteiger partial charge in [0, 0.05) is 29.2 Å². The van der Waals surface area contributed by atoms with Crippen molar-refractivity contribution >= 4 is 40.0 Å². The first kappa shape index (κ1) is 19.9. The lowest BCUT2D eigenvalue weighted by Crippen LogP contribution is -2.12. The Bertz CT molecular complexity index is 998. The van der Waals surface area contributed by atoms with Crippen LogP contribution < -0.4 is 15.8 Å². The van der Waals surface area contributed by atoms with Crippen LogP contribution >= 0.6 is 11.6 Å². The molecule has 0 aliphatic rings. The third-order valence-electron chi connectivity index (χ3n) is 4.33. The first-order valence-electron chi connectivity index (χ1n) is 9.13. The standard InChI is InChI=1S/C21H24ClN3O3/c1-4-25-18-11-16(28-13(2)3)8-9-17(18)19(23)20(25)14-6-5-7-15(10-14)24-21(26)27-12-22/h5-11,13H,4,12,23H2,1-3H3,(H,24,26). The second kappa shape index (κ2) is 8.44. The summed E-state index contributed by atoms with van der Waals surface area (Å²) >= 11 is 5.43. The number of aryl methyl sites for hydroxylation is 1. The maximum absolute atomic E-state index is 11.7. The topological polar surface area (TPSA) is 78.5 Å². The molecule has 28 heavy (non-hydrogen) atoms. The van der Waals surface area contributed by atoms with E-state index < -0.39 is 6.09 Å². The van der Waals surface area contributed by atoms with E-state index in [4.69, 9.17) is 26.8 Å². The van der Waals surface area contributed by atoms with E-state index in [-0.39, 0.29) is 12.2 Å². The molecule has 0 bridgehead atoms. The molecular formula is C21H24ClN3O3. The molecule has 0 unspecified atom stereocenters. The van der Waals surface area contributed by atoms with Gasteiger partial charge in [-0.25, -0.2) is 4.79 Å². The van der Waals surface area contributed by atoms with Gasteiger partial charge in [-0.3, -0.25) is 5.32 Å². The number of halogens is 1. The predicted octanol–water partition coefficient (Wildman–Crippen LogP) is 5.44. The molecule has 2 aromatic carbocycles. The number of nitrogen functional groups attached to an aromatic ring is 1. The highest BCUT2D eigenvalue weighted by atomic mass is 35.5. The Morgan fingerprint density at radius 1 is 1.25 bits per heavy atom. The highest BCUT2D eigenvalue weighted by Gasteiger charge is 2.17. The number of fused-ring (bicyclic) bond motifs is 1. The molecule has 0 saturated carbocycles. The minimum absolute atomic E-state index is 0.0924. The molecule has 0 saturated heterocycles. The summed E-state index contributed by atoms with van der Waals surface area (Å²) in [6.07, 6.45) is -0.513. The smallest absolute Gasteiger partial charge is 0.412 e. The van der Waals surface area contributed by atoms with Crippen LogP contribution in [0, 0.1) is 0 Å². The number of nitrogens with one attached hydrogen (secondary N) is 1.